The summed E-state index contributed by atoms with van der Waals surface area (Å²) in [6.07, 6.45) is 1.31. The van der Waals surface area contributed by atoms with Gasteiger partial charge in [0.2, 0.25) is 0 Å². The number of rotatable bonds is 1. The van der Waals surface area contributed by atoms with Crippen molar-refractivity contribution >= 4 is 23.3 Å². The molecule has 1 aromatic carbocycles. The Morgan fingerprint density at radius 1 is 1.29 bits per heavy atom. The molecule has 0 unspecified atom stereocenters. The summed E-state index contributed by atoms with van der Waals surface area (Å²) >= 11 is 5.69. The highest BCUT2D eigenvalue weighted by Crippen LogP contribution is 2.31. The molecular weight excluding hydrogens is 299 g/mol. The molecule has 3 rings (SSSR count). The molecule has 5 nitrogen and oxygen atoms in total. The zero-order valence-corrected chi connectivity index (χ0v) is 12.2. The van der Waals surface area contributed by atoms with Gasteiger partial charge in [-0.15, -0.1) is 0 Å². The van der Waals surface area contributed by atoms with Gasteiger partial charge >= 0.3 is 6.03 Å². The van der Waals surface area contributed by atoms with Crippen LogP contribution in [0.5, 0.6) is 0 Å². The summed E-state index contributed by atoms with van der Waals surface area (Å²) in [6, 6.07) is 3.87. The standard InChI is InChI=1S/C14H16ClFN2O3/c15-11-9-10(1-2-12(11)16)17-13(19)18-5-3-14(4-6-18)20-7-8-21-14/h1-2,9H,3-8H2,(H,17,19). The molecule has 0 aromatic heterocycles. The number of carbonyl (C=O) groups is 1. The molecule has 2 saturated heterocycles. The maximum Gasteiger partial charge on any atom is 0.321 e. The van der Waals surface area contributed by atoms with E-state index in [9.17, 15) is 9.18 Å². The second-order valence-electron chi connectivity index (χ2n) is 5.15. The van der Waals surface area contributed by atoms with Crippen molar-refractivity contribution in [2.45, 2.75) is 18.6 Å². The molecule has 0 aliphatic carbocycles. The number of nitrogens with one attached hydrogen (secondary N) is 1. The van der Waals surface area contributed by atoms with Crippen molar-refractivity contribution in [2.75, 3.05) is 31.6 Å². The molecule has 2 aliphatic heterocycles. The van der Waals surface area contributed by atoms with E-state index in [1.54, 1.807) is 4.90 Å². The molecule has 1 N–H and O–H groups in total. The quantitative estimate of drug-likeness (QED) is 0.867. The molecule has 0 atom stereocenters. The normalized spacial score (nSPS) is 20.8. The topological polar surface area (TPSA) is 50.8 Å². The molecule has 7 heteroatoms. The third-order valence-corrected chi connectivity index (χ3v) is 4.09. The van der Waals surface area contributed by atoms with Crippen molar-refractivity contribution in [3.8, 4) is 0 Å². The SMILES string of the molecule is O=C(Nc1ccc(F)c(Cl)c1)N1CCC2(CC1)OCCO2. The number of urea groups is 1. The Morgan fingerprint density at radius 3 is 2.57 bits per heavy atom. The Morgan fingerprint density at radius 2 is 1.95 bits per heavy atom. The van der Waals surface area contributed by atoms with Gasteiger partial charge < -0.3 is 19.7 Å². The average Bonchev–Trinajstić information content (AvgIpc) is 2.92. The van der Waals surface area contributed by atoms with Gasteiger partial charge in [-0.25, -0.2) is 9.18 Å². The van der Waals surface area contributed by atoms with Crippen LogP contribution in [-0.2, 0) is 9.47 Å². The molecule has 0 bridgehead atoms. The summed E-state index contributed by atoms with van der Waals surface area (Å²) < 4.78 is 24.3. The van der Waals surface area contributed by atoms with Crippen LogP contribution in [0.4, 0.5) is 14.9 Å². The first-order valence-corrected chi connectivity index (χ1v) is 7.25. The van der Waals surface area contributed by atoms with Crippen molar-refractivity contribution in [3.63, 3.8) is 0 Å². The molecule has 1 aromatic rings. The summed E-state index contributed by atoms with van der Waals surface area (Å²) in [7, 11) is 0. The van der Waals surface area contributed by atoms with E-state index in [1.807, 2.05) is 0 Å². The summed E-state index contributed by atoms with van der Waals surface area (Å²) in [5.74, 6) is -1.01. The Hall–Kier alpha value is -1.37. The predicted octanol–water partition coefficient (Wildman–Crippen LogP) is 2.85. The summed E-state index contributed by atoms with van der Waals surface area (Å²) in [6.45, 7) is 2.34. The minimum absolute atomic E-state index is 0.0156. The van der Waals surface area contributed by atoms with Gasteiger partial charge in [-0.1, -0.05) is 11.6 Å². The zero-order chi connectivity index (χ0) is 14.9. The molecule has 114 valence electrons. The van der Waals surface area contributed by atoms with Crippen LogP contribution < -0.4 is 5.32 Å². The summed E-state index contributed by atoms with van der Waals surface area (Å²) in [5.41, 5.74) is 0.472. The number of ether oxygens (including phenoxy) is 2. The van der Waals surface area contributed by atoms with Crippen LogP contribution in [0.1, 0.15) is 12.8 Å². The predicted molar refractivity (Wildman–Crippen MR) is 75.9 cm³/mol. The van der Waals surface area contributed by atoms with Crippen LogP contribution >= 0.6 is 11.6 Å². The minimum atomic E-state index is -0.509. The van der Waals surface area contributed by atoms with Gasteiger partial charge in [-0.2, -0.15) is 0 Å². The van der Waals surface area contributed by atoms with Gasteiger partial charge in [0.05, 0.1) is 18.2 Å². The van der Waals surface area contributed by atoms with E-state index in [1.165, 1.54) is 18.2 Å². The van der Waals surface area contributed by atoms with Crippen molar-refractivity contribution in [1.29, 1.82) is 0 Å². The third-order valence-electron chi connectivity index (χ3n) is 3.80. The van der Waals surface area contributed by atoms with E-state index in [-0.39, 0.29) is 11.1 Å². The molecule has 2 aliphatic rings. The van der Waals surface area contributed by atoms with Crippen molar-refractivity contribution < 1.29 is 18.7 Å². The van der Waals surface area contributed by atoms with Gasteiger partial charge in [-0.05, 0) is 18.2 Å². The van der Waals surface area contributed by atoms with E-state index >= 15 is 0 Å². The lowest BCUT2D eigenvalue weighted by molar-refractivity contribution is -0.181. The first-order chi connectivity index (χ1) is 10.1. The molecule has 2 amide bonds. The molecular formula is C14H16ClFN2O3. The number of hydrogen-bond acceptors (Lipinski definition) is 3. The average molecular weight is 315 g/mol. The highest BCUT2D eigenvalue weighted by molar-refractivity contribution is 6.31. The lowest BCUT2D eigenvalue weighted by atomic mass is 10.0. The fourth-order valence-electron chi connectivity index (χ4n) is 2.61. The number of anilines is 1. The molecule has 1 spiro atoms. The molecule has 0 saturated carbocycles. The number of nitrogens with zero attached hydrogens (tertiary/aromatic N) is 1. The van der Waals surface area contributed by atoms with Crippen molar-refractivity contribution in [1.82, 2.24) is 4.90 Å². The fraction of sp³-hybridized carbons (Fsp3) is 0.500. The van der Waals surface area contributed by atoms with Gasteiger partial charge in [0.15, 0.2) is 5.79 Å². The fourth-order valence-corrected chi connectivity index (χ4v) is 2.79. The van der Waals surface area contributed by atoms with Crippen LogP contribution in [0, 0.1) is 5.82 Å². The number of piperidine rings is 1. The van der Waals surface area contributed by atoms with Crippen LogP contribution in [0.15, 0.2) is 18.2 Å². The van der Waals surface area contributed by atoms with Gasteiger partial charge in [0.1, 0.15) is 5.82 Å². The zero-order valence-electron chi connectivity index (χ0n) is 11.4. The number of halogens is 2. The van der Waals surface area contributed by atoms with Crippen LogP contribution in [0.25, 0.3) is 0 Å². The molecule has 0 radical (unpaired) electrons. The maximum atomic E-state index is 13.1. The molecule has 2 fully saturated rings. The summed E-state index contributed by atoms with van der Waals surface area (Å²) in [5, 5.41) is 2.70. The Balaban J connectivity index is 1.57. The van der Waals surface area contributed by atoms with Crippen molar-refractivity contribution in [2.24, 2.45) is 0 Å². The van der Waals surface area contributed by atoms with Crippen molar-refractivity contribution in [3.05, 3.63) is 29.0 Å². The highest BCUT2D eigenvalue weighted by atomic mass is 35.5. The van der Waals surface area contributed by atoms with E-state index in [0.29, 0.717) is 44.8 Å². The first kappa shape index (κ1) is 14.6. The number of likely N-dealkylation sites (tertiary alicyclic amines) is 1. The number of hydrogen-bond donors (Lipinski definition) is 1. The first-order valence-electron chi connectivity index (χ1n) is 6.87. The number of carbonyl (C=O) groups excluding carboxylic acids is 1. The Kier molecular flexibility index (Phi) is 4.01. The maximum absolute atomic E-state index is 13.1. The molecule has 21 heavy (non-hydrogen) atoms. The molecule has 2 heterocycles. The minimum Gasteiger partial charge on any atom is -0.347 e. The second kappa shape index (κ2) is 5.79. The Labute approximate surface area is 127 Å². The van der Waals surface area contributed by atoms with Crippen LogP contribution in [0.2, 0.25) is 5.02 Å². The highest BCUT2D eigenvalue weighted by Gasteiger charge is 2.40. The summed E-state index contributed by atoms with van der Waals surface area (Å²) in [4.78, 5) is 13.9. The second-order valence-corrected chi connectivity index (χ2v) is 5.56. The van der Waals surface area contributed by atoms with Crippen LogP contribution in [-0.4, -0.2) is 43.0 Å². The lowest BCUT2D eigenvalue weighted by Gasteiger charge is -2.37. The van der Waals surface area contributed by atoms with E-state index < -0.39 is 11.6 Å². The van der Waals surface area contributed by atoms with Gasteiger partial charge in [0, 0.05) is 31.6 Å². The number of amides is 2. The Bertz CT molecular complexity index is 539. The van der Waals surface area contributed by atoms with E-state index in [2.05, 4.69) is 5.32 Å². The third kappa shape index (κ3) is 3.12. The van der Waals surface area contributed by atoms with Crippen LogP contribution in [0.3, 0.4) is 0 Å². The smallest absolute Gasteiger partial charge is 0.321 e. The lowest BCUT2D eigenvalue weighted by Crippen LogP contribution is -2.48. The largest absolute Gasteiger partial charge is 0.347 e. The monoisotopic (exact) mass is 314 g/mol. The van der Waals surface area contributed by atoms with Gasteiger partial charge in [0.25, 0.3) is 0 Å². The van der Waals surface area contributed by atoms with E-state index in [0.717, 1.165) is 0 Å². The van der Waals surface area contributed by atoms with E-state index in [4.69, 9.17) is 21.1 Å². The van der Waals surface area contributed by atoms with Gasteiger partial charge in [-0.3, -0.25) is 0 Å². The number of benzene rings is 1.